The number of H-pyrrole nitrogens is 1. The summed E-state index contributed by atoms with van der Waals surface area (Å²) in [6, 6.07) is 16.4. The monoisotopic (exact) mass is 491 g/mol. The molecule has 7 nitrogen and oxygen atoms in total. The van der Waals surface area contributed by atoms with E-state index in [0.29, 0.717) is 6.42 Å². The molecule has 32 heavy (non-hydrogen) atoms. The van der Waals surface area contributed by atoms with E-state index in [0.717, 1.165) is 57.4 Å². The topological polar surface area (TPSA) is 83.5 Å². The van der Waals surface area contributed by atoms with Crippen molar-refractivity contribution in [3.05, 3.63) is 58.8 Å². The van der Waals surface area contributed by atoms with Gasteiger partial charge in [0.15, 0.2) is 11.6 Å². The number of aromatic amines is 1. The van der Waals surface area contributed by atoms with Gasteiger partial charge in [-0.1, -0.05) is 71.1 Å². The summed E-state index contributed by atoms with van der Waals surface area (Å²) >= 11 is 3.58. The van der Waals surface area contributed by atoms with Crippen molar-refractivity contribution in [2.24, 2.45) is 5.92 Å². The zero-order valence-electron chi connectivity index (χ0n) is 17.9. The van der Waals surface area contributed by atoms with Gasteiger partial charge >= 0.3 is 0 Å². The molecular formula is C24H26BrN7. The second-order valence-corrected chi connectivity index (χ2v) is 9.32. The van der Waals surface area contributed by atoms with Crippen LogP contribution in [0.1, 0.15) is 37.9 Å². The molecule has 4 aromatic rings. The number of rotatable bonds is 8. The van der Waals surface area contributed by atoms with Gasteiger partial charge in [-0.25, -0.2) is 9.97 Å². The number of fused-ring (bicyclic) bond motifs is 1. The average Bonchev–Trinajstić information content (AvgIpc) is 3.53. The van der Waals surface area contributed by atoms with Gasteiger partial charge in [-0.3, -0.25) is 0 Å². The summed E-state index contributed by atoms with van der Waals surface area (Å²) in [5.41, 5.74) is 1.96. The van der Waals surface area contributed by atoms with Gasteiger partial charge in [-0.15, -0.1) is 10.2 Å². The third-order valence-corrected chi connectivity index (χ3v) is 6.74. The number of halogens is 1. The number of benzene rings is 2. The summed E-state index contributed by atoms with van der Waals surface area (Å²) in [6.45, 7) is 1.74. The molecule has 0 bridgehead atoms. The van der Waals surface area contributed by atoms with Crippen LogP contribution >= 0.6 is 15.9 Å². The molecule has 2 aromatic carbocycles. The molecule has 0 spiro atoms. The van der Waals surface area contributed by atoms with E-state index in [1.54, 1.807) is 0 Å². The molecule has 0 saturated heterocycles. The minimum Gasteiger partial charge on any atom is -0.356 e. The van der Waals surface area contributed by atoms with Crippen LogP contribution in [0.15, 0.2) is 53.0 Å². The molecular weight excluding hydrogens is 466 g/mol. The molecule has 0 atom stereocenters. The highest BCUT2D eigenvalue weighted by atomic mass is 79.9. The number of para-hydroxylation sites is 1. The fraction of sp³-hybridized carbons (Fsp3) is 0.375. The summed E-state index contributed by atoms with van der Waals surface area (Å²) < 4.78 is 1.02. The Morgan fingerprint density at radius 2 is 1.88 bits per heavy atom. The van der Waals surface area contributed by atoms with Crippen LogP contribution in [0.25, 0.3) is 22.3 Å². The number of tetrazole rings is 1. The van der Waals surface area contributed by atoms with E-state index in [1.165, 1.54) is 32.1 Å². The standard InChI is InChI=1S/C24H26BrN7/c25-19-9-5-8-18(16-19)23-26-21-11-4-3-10-20(21)24(27-23)32(14-12-17-6-1-2-7-17)15-13-22-28-30-31-29-22/h3-5,8-11,16-17H,1-2,6-7,12-15H2,(H,28,29,30,31). The van der Waals surface area contributed by atoms with Gasteiger partial charge < -0.3 is 4.90 Å². The second kappa shape index (κ2) is 9.73. The Morgan fingerprint density at radius 3 is 2.69 bits per heavy atom. The predicted molar refractivity (Wildman–Crippen MR) is 129 cm³/mol. The number of hydrogen-bond acceptors (Lipinski definition) is 6. The Morgan fingerprint density at radius 1 is 1.00 bits per heavy atom. The van der Waals surface area contributed by atoms with E-state index in [2.05, 4.69) is 71.8 Å². The Labute approximate surface area is 195 Å². The van der Waals surface area contributed by atoms with Gasteiger partial charge in [0.05, 0.1) is 5.52 Å². The summed E-state index contributed by atoms with van der Waals surface area (Å²) in [5, 5.41) is 15.6. The van der Waals surface area contributed by atoms with E-state index in [-0.39, 0.29) is 0 Å². The van der Waals surface area contributed by atoms with E-state index >= 15 is 0 Å². The van der Waals surface area contributed by atoms with Crippen LogP contribution in [-0.2, 0) is 6.42 Å². The molecule has 164 valence electrons. The SMILES string of the molecule is Brc1cccc(-c2nc(N(CCc3nn[nH]n3)CCC3CCCC3)c3ccccc3n2)c1. The molecule has 0 amide bonds. The lowest BCUT2D eigenvalue weighted by atomic mass is 10.0. The largest absolute Gasteiger partial charge is 0.356 e. The summed E-state index contributed by atoms with van der Waals surface area (Å²) in [7, 11) is 0. The lowest BCUT2D eigenvalue weighted by Gasteiger charge is -2.26. The maximum absolute atomic E-state index is 5.09. The van der Waals surface area contributed by atoms with Crippen molar-refractivity contribution >= 4 is 32.7 Å². The zero-order valence-corrected chi connectivity index (χ0v) is 19.5. The molecule has 0 aliphatic heterocycles. The highest BCUT2D eigenvalue weighted by molar-refractivity contribution is 9.10. The number of aromatic nitrogens is 6. The van der Waals surface area contributed by atoms with Crippen molar-refractivity contribution in [3.63, 3.8) is 0 Å². The Balaban J connectivity index is 1.52. The summed E-state index contributed by atoms with van der Waals surface area (Å²) in [5.74, 6) is 3.25. The number of nitrogens with one attached hydrogen (secondary N) is 1. The number of nitrogens with zero attached hydrogens (tertiary/aromatic N) is 6. The third kappa shape index (κ3) is 4.80. The first-order valence-electron chi connectivity index (χ1n) is 11.3. The van der Waals surface area contributed by atoms with Gasteiger partial charge in [-0.05, 0) is 36.6 Å². The zero-order chi connectivity index (χ0) is 21.8. The minimum absolute atomic E-state index is 0.714. The van der Waals surface area contributed by atoms with Gasteiger partial charge in [0.1, 0.15) is 5.82 Å². The second-order valence-electron chi connectivity index (χ2n) is 8.40. The van der Waals surface area contributed by atoms with Crippen LogP contribution in [-0.4, -0.2) is 43.7 Å². The summed E-state index contributed by atoms with van der Waals surface area (Å²) in [6.07, 6.45) is 7.29. The van der Waals surface area contributed by atoms with Crippen LogP contribution in [0, 0.1) is 5.92 Å². The van der Waals surface area contributed by atoms with Gasteiger partial charge in [0.25, 0.3) is 0 Å². The predicted octanol–water partition coefficient (Wildman–Crippen LogP) is 5.20. The normalized spacial score (nSPS) is 14.3. The van der Waals surface area contributed by atoms with Crippen LogP contribution in [0.4, 0.5) is 5.82 Å². The number of hydrogen-bond donors (Lipinski definition) is 1. The van der Waals surface area contributed by atoms with Gasteiger partial charge in [0.2, 0.25) is 0 Å². The van der Waals surface area contributed by atoms with Crippen LogP contribution in [0.2, 0.25) is 0 Å². The first-order chi connectivity index (χ1) is 15.8. The maximum Gasteiger partial charge on any atom is 0.176 e. The summed E-state index contributed by atoms with van der Waals surface area (Å²) in [4.78, 5) is 12.4. The maximum atomic E-state index is 5.09. The third-order valence-electron chi connectivity index (χ3n) is 6.24. The fourth-order valence-corrected chi connectivity index (χ4v) is 4.94. The Bertz CT molecular complexity index is 1170. The van der Waals surface area contributed by atoms with Crippen molar-refractivity contribution in [2.75, 3.05) is 18.0 Å². The first kappa shape index (κ1) is 21.0. The molecule has 5 rings (SSSR count). The Kier molecular flexibility index (Phi) is 6.39. The van der Waals surface area contributed by atoms with Crippen LogP contribution in [0.3, 0.4) is 0 Å². The minimum atomic E-state index is 0.714. The van der Waals surface area contributed by atoms with Crippen molar-refractivity contribution in [1.29, 1.82) is 0 Å². The molecule has 0 unspecified atom stereocenters. The van der Waals surface area contributed by atoms with Crippen molar-refractivity contribution in [2.45, 2.75) is 38.5 Å². The lowest BCUT2D eigenvalue weighted by Crippen LogP contribution is -2.29. The van der Waals surface area contributed by atoms with E-state index < -0.39 is 0 Å². The molecule has 2 aromatic heterocycles. The van der Waals surface area contributed by atoms with Gasteiger partial charge in [-0.2, -0.15) is 5.21 Å². The lowest BCUT2D eigenvalue weighted by molar-refractivity contribution is 0.497. The average molecular weight is 492 g/mol. The van der Waals surface area contributed by atoms with Crippen molar-refractivity contribution in [3.8, 4) is 11.4 Å². The molecule has 0 radical (unpaired) electrons. The molecule has 1 aliphatic carbocycles. The smallest absolute Gasteiger partial charge is 0.176 e. The fourth-order valence-electron chi connectivity index (χ4n) is 4.54. The molecule has 8 heteroatoms. The molecule has 2 heterocycles. The molecule has 1 saturated carbocycles. The van der Waals surface area contributed by atoms with Crippen molar-refractivity contribution < 1.29 is 0 Å². The van der Waals surface area contributed by atoms with Crippen LogP contribution in [0.5, 0.6) is 0 Å². The molecule has 1 aliphatic rings. The van der Waals surface area contributed by atoms with Crippen LogP contribution < -0.4 is 4.90 Å². The highest BCUT2D eigenvalue weighted by Gasteiger charge is 2.20. The first-order valence-corrected chi connectivity index (χ1v) is 12.1. The Hall–Kier alpha value is -2.87. The van der Waals surface area contributed by atoms with E-state index in [1.807, 2.05) is 18.2 Å². The molecule has 1 fully saturated rings. The molecule has 1 N–H and O–H groups in total. The quantitative estimate of drug-likeness (QED) is 0.364. The highest BCUT2D eigenvalue weighted by Crippen LogP contribution is 2.31. The number of anilines is 1. The van der Waals surface area contributed by atoms with E-state index in [9.17, 15) is 0 Å². The van der Waals surface area contributed by atoms with Gasteiger partial charge in [0, 0.05) is 34.9 Å². The van der Waals surface area contributed by atoms with Crippen molar-refractivity contribution in [1.82, 2.24) is 30.6 Å². The van der Waals surface area contributed by atoms with E-state index in [4.69, 9.17) is 9.97 Å².